The highest BCUT2D eigenvalue weighted by Gasteiger charge is 2.26. The summed E-state index contributed by atoms with van der Waals surface area (Å²) in [6.45, 7) is 9.79. The highest BCUT2D eigenvalue weighted by Crippen LogP contribution is 2.39. The molecule has 10 heteroatoms. The lowest BCUT2D eigenvalue weighted by Gasteiger charge is -2.32. The van der Waals surface area contributed by atoms with E-state index in [2.05, 4.69) is 5.32 Å². The van der Waals surface area contributed by atoms with E-state index in [0.29, 0.717) is 79.9 Å². The molecule has 0 radical (unpaired) electrons. The SMILES string of the molecule is CCOC(=O)Oc1ccc(C(=O)N2CCC(NC(=O)c3cc(OCC)c(OCC)c(OCC)c3)CC2)cc1. The summed E-state index contributed by atoms with van der Waals surface area (Å²) in [5.41, 5.74) is 0.911. The second kappa shape index (κ2) is 14.1. The maximum Gasteiger partial charge on any atom is 0.513 e. The molecule has 206 valence electrons. The molecule has 3 rings (SSSR count). The first-order valence-corrected chi connectivity index (χ1v) is 13.0. The maximum atomic E-state index is 13.1. The molecule has 38 heavy (non-hydrogen) atoms. The first-order valence-electron chi connectivity index (χ1n) is 13.0. The van der Waals surface area contributed by atoms with Crippen molar-refractivity contribution >= 4 is 18.0 Å². The summed E-state index contributed by atoms with van der Waals surface area (Å²) in [4.78, 5) is 39.2. The molecule has 1 saturated heterocycles. The molecule has 0 bridgehead atoms. The number of nitrogens with one attached hydrogen (secondary N) is 1. The molecule has 0 spiro atoms. The fraction of sp³-hybridized carbons (Fsp3) is 0.464. The van der Waals surface area contributed by atoms with Gasteiger partial charge in [0.05, 0.1) is 26.4 Å². The van der Waals surface area contributed by atoms with E-state index < -0.39 is 6.16 Å². The van der Waals surface area contributed by atoms with Crippen LogP contribution in [0.5, 0.6) is 23.0 Å². The Hall–Kier alpha value is -3.95. The highest BCUT2D eigenvalue weighted by molar-refractivity contribution is 5.96. The maximum absolute atomic E-state index is 13.1. The Bertz CT molecular complexity index is 1070. The fourth-order valence-corrected chi connectivity index (χ4v) is 4.11. The average molecular weight is 529 g/mol. The zero-order valence-electron chi connectivity index (χ0n) is 22.4. The number of rotatable bonds is 11. The van der Waals surface area contributed by atoms with E-state index in [1.54, 1.807) is 48.2 Å². The van der Waals surface area contributed by atoms with E-state index in [1.165, 1.54) is 0 Å². The van der Waals surface area contributed by atoms with Gasteiger partial charge >= 0.3 is 6.16 Å². The molecule has 1 fully saturated rings. The Morgan fingerprint density at radius 2 is 1.39 bits per heavy atom. The fourth-order valence-electron chi connectivity index (χ4n) is 4.11. The molecular formula is C28H36N2O8. The summed E-state index contributed by atoms with van der Waals surface area (Å²) in [6, 6.07) is 9.60. The van der Waals surface area contributed by atoms with Crippen LogP contribution >= 0.6 is 0 Å². The summed E-state index contributed by atoms with van der Waals surface area (Å²) in [6.07, 6.45) is 0.453. The smallest absolute Gasteiger partial charge is 0.490 e. The molecule has 2 aromatic rings. The molecule has 0 aromatic heterocycles. The van der Waals surface area contributed by atoms with Crippen LogP contribution in [0, 0.1) is 0 Å². The lowest BCUT2D eigenvalue weighted by molar-refractivity contribution is 0.0698. The Morgan fingerprint density at radius 1 is 0.816 bits per heavy atom. The largest absolute Gasteiger partial charge is 0.513 e. The molecule has 2 aromatic carbocycles. The van der Waals surface area contributed by atoms with Gasteiger partial charge in [-0.15, -0.1) is 0 Å². The highest BCUT2D eigenvalue weighted by atomic mass is 16.7. The van der Waals surface area contributed by atoms with Crippen LogP contribution in [0.4, 0.5) is 4.79 Å². The van der Waals surface area contributed by atoms with Crippen molar-refractivity contribution < 1.29 is 38.1 Å². The summed E-state index contributed by atoms with van der Waals surface area (Å²) < 4.78 is 26.9. The number of amides is 2. The predicted molar refractivity (Wildman–Crippen MR) is 140 cm³/mol. The summed E-state index contributed by atoms with van der Waals surface area (Å²) in [5.74, 6) is 1.36. The Balaban J connectivity index is 1.59. The quantitative estimate of drug-likeness (QED) is 0.336. The van der Waals surface area contributed by atoms with Crippen LogP contribution in [0.2, 0.25) is 0 Å². The van der Waals surface area contributed by atoms with Crippen molar-refractivity contribution in [2.75, 3.05) is 39.5 Å². The normalized spacial score (nSPS) is 13.4. The second-order valence-electron chi connectivity index (χ2n) is 8.45. The molecule has 10 nitrogen and oxygen atoms in total. The average Bonchev–Trinajstić information content (AvgIpc) is 2.91. The van der Waals surface area contributed by atoms with Crippen LogP contribution in [0.1, 0.15) is 61.3 Å². The van der Waals surface area contributed by atoms with Gasteiger partial charge in [-0.25, -0.2) is 4.79 Å². The van der Waals surface area contributed by atoms with Crippen molar-refractivity contribution in [2.24, 2.45) is 0 Å². The minimum atomic E-state index is -0.788. The molecule has 1 N–H and O–H groups in total. The number of hydrogen-bond acceptors (Lipinski definition) is 8. The number of hydrogen-bond donors (Lipinski definition) is 1. The zero-order valence-corrected chi connectivity index (χ0v) is 22.4. The summed E-state index contributed by atoms with van der Waals surface area (Å²) in [5, 5.41) is 3.07. The van der Waals surface area contributed by atoms with Gasteiger partial charge < -0.3 is 33.9 Å². The molecule has 1 aliphatic heterocycles. The molecule has 0 unspecified atom stereocenters. The van der Waals surface area contributed by atoms with Crippen LogP contribution in [0.25, 0.3) is 0 Å². The molecular weight excluding hydrogens is 492 g/mol. The van der Waals surface area contributed by atoms with Gasteiger partial charge in [0.25, 0.3) is 11.8 Å². The molecule has 0 aliphatic carbocycles. The molecule has 2 amide bonds. The van der Waals surface area contributed by atoms with Crippen LogP contribution in [0.3, 0.4) is 0 Å². The number of carbonyl (C=O) groups excluding carboxylic acids is 3. The number of piperidine rings is 1. The van der Waals surface area contributed by atoms with Gasteiger partial charge in [0.2, 0.25) is 5.75 Å². The van der Waals surface area contributed by atoms with Gasteiger partial charge in [-0.3, -0.25) is 9.59 Å². The predicted octanol–water partition coefficient (Wildman–Crippen LogP) is 4.45. The van der Waals surface area contributed by atoms with E-state index in [-0.39, 0.29) is 24.5 Å². The molecule has 0 atom stereocenters. The third kappa shape index (κ3) is 7.53. The van der Waals surface area contributed by atoms with Gasteiger partial charge in [-0.2, -0.15) is 0 Å². The monoisotopic (exact) mass is 528 g/mol. The van der Waals surface area contributed by atoms with Crippen molar-refractivity contribution in [2.45, 2.75) is 46.6 Å². The van der Waals surface area contributed by atoms with Crippen molar-refractivity contribution in [3.8, 4) is 23.0 Å². The molecule has 1 aliphatic rings. The second-order valence-corrected chi connectivity index (χ2v) is 8.45. The number of ether oxygens (including phenoxy) is 5. The van der Waals surface area contributed by atoms with Crippen LogP contribution in [0.15, 0.2) is 36.4 Å². The Morgan fingerprint density at radius 3 is 1.92 bits per heavy atom. The lowest BCUT2D eigenvalue weighted by atomic mass is 10.0. The number of benzene rings is 2. The Kier molecular flexibility index (Phi) is 10.6. The third-order valence-electron chi connectivity index (χ3n) is 5.85. The molecule has 0 saturated carbocycles. The van der Waals surface area contributed by atoms with Crippen molar-refractivity contribution in [3.05, 3.63) is 47.5 Å². The van der Waals surface area contributed by atoms with E-state index in [0.717, 1.165) is 0 Å². The standard InChI is InChI=1S/C28H36N2O8/c1-5-34-23-17-20(18-24(35-6-2)25(23)36-7-3)26(31)29-21-13-15-30(16-14-21)27(32)19-9-11-22(12-10-19)38-28(33)37-8-4/h9-12,17-18,21H,5-8,13-16H2,1-4H3,(H,29,31). The topological polar surface area (TPSA) is 113 Å². The van der Waals surface area contributed by atoms with Gasteiger partial charge in [-0.1, -0.05) is 0 Å². The summed E-state index contributed by atoms with van der Waals surface area (Å²) >= 11 is 0. The zero-order chi connectivity index (χ0) is 27.5. The van der Waals surface area contributed by atoms with E-state index in [4.69, 9.17) is 23.7 Å². The minimum absolute atomic E-state index is 0.0791. The number of likely N-dealkylation sites (tertiary alicyclic amines) is 1. The Labute approximate surface area is 223 Å². The van der Waals surface area contributed by atoms with Crippen LogP contribution < -0.4 is 24.3 Å². The van der Waals surface area contributed by atoms with Gasteiger partial charge in [0.1, 0.15) is 5.75 Å². The van der Waals surface area contributed by atoms with E-state index in [9.17, 15) is 14.4 Å². The van der Waals surface area contributed by atoms with Crippen molar-refractivity contribution in [1.29, 1.82) is 0 Å². The first kappa shape index (κ1) is 28.6. The first-order chi connectivity index (χ1) is 18.4. The van der Waals surface area contributed by atoms with Gasteiger partial charge in [0, 0.05) is 30.3 Å². The van der Waals surface area contributed by atoms with E-state index in [1.807, 2.05) is 20.8 Å². The minimum Gasteiger partial charge on any atom is -0.490 e. The van der Waals surface area contributed by atoms with E-state index >= 15 is 0 Å². The van der Waals surface area contributed by atoms with Gasteiger partial charge in [0.15, 0.2) is 11.5 Å². The number of nitrogens with zero attached hydrogens (tertiary/aromatic N) is 1. The van der Waals surface area contributed by atoms with Crippen LogP contribution in [-0.4, -0.2) is 68.4 Å². The van der Waals surface area contributed by atoms with Gasteiger partial charge in [-0.05, 0) is 76.9 Å². The third-order valence-corrected chi connectivity index (χ3v) is 5.85. The van der Waals surface area contributed by atoms with Crippen molar-refractivity contribution in [3.63, 3.8) is 0 Å². The van der Waals surface area contributed by atoms with Crippen LogP contribution in [-0.2, 0) is 4.74 Å². The molecule has 1 heterocycles. The summed E-state index contributed by atoms with van der Waals surface area (Å²) in [7, 11) is 0. The van der Waals surface area contributed by atoms with Crippen molar-refractivity contribution in [1.82, 2.24) is 10.2 Å². The lowest BCUT2D eigenvalue weighted by Crippen LogP contribution is -2.46. The number of carbonyl (C=O) groups is 3.